The van der Waals surface area contributed by atoms with Gasteiger partial charge in [0.25, 0.3) is 0 Å². The molecule has 12 amide bonds. The van der Waals surface area contributed by atoms with Gasteiger partial charge in [0.05, 0.1) is 42.7 Å². The monoisotopic (exact) mass is 1380 g/mol. The van der Waals surface area contributed by atoms with Crippen molar-refractivity contribution in [3.63, 3.8) is 0 Å². The van der Waals surface area contributed by atoms with E-state index in [0.29, 0.717) is 75.2 Å². The lowest BCUT2D eigenvalue weighted by Crippen LogP contribution is -2.65. The zero-order valence-corrected chi connectivity index (χ0v) is 59.8. The van der Waals surface area contributed by atoms with Crippen LogP contribution in [0.15, 0.2) is 18.2 Å². The van der Waals surface area contributed by atoms with Crippen LogP contribution in [0.1, 0.15) is 168 Å². The molecule has 534 valence electrons. The van der Waals surface area contributed by atoms with E-state index >= 15 is 19.2 Å². The summed E-state index contributed by atoms with van der Waals surface area (Å²) >= 11 is 12.5. The van der Waals surface area contributed by atoms with E-state index in [1.807, 2.05) is 6.92 Å². The SMILES string of the molecule is CC[C@H](C)[C@@H]1NC(=O)[C@H](C)N(C)C(=O)C[C@@H](C(=O)N2CCCCC2)N(C)C(=O)C(C2CCCCC2)N(C)C(=O)C2(CCCC2)NC(=O)[C@@H]2CCCN2C(=O)[C@H](CCOc2ccc(Cl)c(Cl)c2)NC(=O)CN(C)C(=O)[C@H](CC2CCCCC2)N(C)C(=O)CN(C)C(=O)CN(C)C1=O. The molecule has 3 aliphatic heterocycles. The molecule has 0 bridgehead atoms. The second kappa shape index (κ2) is 35.1. The van der Waals surface area contributed by atoms with Crippen LogP contribution in [-0.2, 0) is 57.5 Å². The predicted octanol–water partition coefficient (Wildman–Crippen LogP) is 4.87. The van der Waals surface area contributed by atoms with Crippen LogP contribution in [0.4, 0.5) is 0 Å². The number of hydrogen-bond acceptors (Lipinski definition) is 13. The van der Waals surface area contributed by atoms with Gasteiger partial charge in [0.1, 0.15) is 53.6 Å². The first-order valence-corrected chi connectivity index (χ1v) is 35.7. The minimum Gasteiger partial charge on any atom is -0.493 e. The van der Waals surface area contributed by atoms with Gasteiger partial charge < -0.3 is 64.8 Å². The molecule has 1 unspecified atom stereocenters. The van der Waals surface area contributed by atoms with E-state index in [2.05, 4.69) is 16.0 Å². The fraction of sp³-hybridized carbons (Fsp3) is 0.739. The lowest BCUT2D eigenvalue weighted by molar-refractivity contribution is -0.157. The number of rotatable bonds is 10. The largest absolute Gasteiger partial charge is 0.493 e. The van der Waals surface area contributed by atoms with E-state index in [4.69, 9.17) is 27.9 Å². The van der Waals surface area contributed by atoms with Crippen molar-refractivity contribution in [3.05, 3.63) is 28.2 Å². The topological polar surface area (TPSA) is 279 Å². The van der Waals surface area contributed by atoms with E-state index in [9.17, 15) is 38.4 Å². The zero-order chi connectivity index (χ0) is 70.3. The molecule has 3 heterocycles. The smallest absolute Gasteiger partial charge is 0.248 e. The molecule has 0 aromatic heterocycles. The lowest BCUT2D eigenvalue weighted by atomic mass is 9.81. The van der Waals surface area contributed by atoms with Gasteiger partial charge in [-0.05, 0) is 101 Å². The second-order valence-electron chi connectivity index (χ2n) is 28.1. The van der Waals surface area contributed by atoms with Gasteiger partial charge in [-0.25, -0.2) is 0 Å². The summed E-state index contributed by atoms with van der Waals surface area (Å²) in [6.45, 7) is 4.39. The molecule has 96 heavy (non-hydrogen) atoms. The lowest BCUT2D eigenvalue weighted by Gasteiger charge is -2.43. The number of benzene rings is 1. The third kappa shape index (κ3) is 19.1. The Morgan fingerprint density at radius 2 is 1.23 bits per heavy atom. The Kier molecular flexibility index (Phi) is 28.0. The van der Waals surface area contributed by atoms with Gasteiger partial charge in [-0.1, -0.05) is 108 Å². The van der Waals surface area contributed by atoms with Crippen molar-refractivity contribution >= 4 is 94.1 Å². The fourth-order valence-corrected chi connectivity index (χ4v) is 15.1. The Balaban J connectivity index is 1.25. The molecule has 1 aromatic rings. The number of hydrogen-bond donors (Lipinski definition) is 3. The minimum atomic E-state index is -1.50. The van der Waals surface area contributed by atoms with Crippen molar-refractivity contribution in [2.24, 2.45) is 17.8 Å². The van der Waals surface area contributed by atoms with E-state index < -0.39 is 151 Å². The maximum atomic E-state index is 15.7. The predicted molar refractivity (Wildman–Crippen MR) is 362 cm³/mol. The van der Waals surface area contributed by atoms with Crippen molar-refractivity contribution in [1.82, 2.24) is 60.0 Å². The Bertz CT molecular complexity index is 2970. The van der Waals surface area contributed by atoms with Gasteiger partial charge in [0.2, 0.25) is 70.9 Å². The number of ether oxygens (including phenoxy) is 1. The third-order valence-corrected chi connectivity index (χ3v) is 22.1. The Morgan fingerprint density at radius 1 is 0.615 bits per heavy atom. The number of nitrogens with zero attached hydrogens (tertiary/aromatic N) is 9. The molecular formula is C69H106Cl2N12O13. The number of likely N-dealkylation sites (tertiary alicyclic amines) is 1. The van der Waals surface area contributed by atoms with Crippen molar-refractivity contribution in [2.75, 3.05) is 95.2 Å². The zero-order valence-electron chi connectivity index (χ0n) is 58.3. The van der Waals surface area contributed by atoms with E-state index in [1.54, 1.807) is 31.0 Å². The van der Waals surface area contributed by atoms with Crippen LogP contribution in [0.5, 0.6) is 5.75 Å². The van der Waals surface area contributed by atoms with Crippen molar-refractivity contribution in [2.45, 2.75) is 216 Å². The Hall–Kier alpha value is -6.76. The molecule has 3 aliphatic carbocycles. The maximum absolute atomic E-state index is 15.7. The molecule has 27 heteroatoms. The fourth-order valence-electron chi connectivity index (χ4n) is 14.8. The quantitative estimate of drug-likeness (QED) is 0.282. The molecule has 0 radical (unpaired) electrons. The van der Waals surface area contributed by atoms with Gasteiger partial charge in [0.15, 0.2) is 0 Å². The van der Waals surface area contributed by atoms with Crippen molar-refractivity contribution in [1.29, 1.82) is 0 Å². The van der Waals surface area contributed by atoms with E-state index in [-0.39, 0.29) is 62.1 Å². The normalized spacial score (nSPS) is 27.3. The molecule has 1 aromatic carbocycles. The number of halogens is 2. The van der Waals surface area contributed by atoms with Gasteiger partial charge in [-0.3, -0.25) is 57.5 Å². The number of carbonyl (C=O) groups excluding carboxylic acids is 12. The number of nitrogens with one attached hydrogen (secondary N) is 3. The first kappa shape index (κ1) is 76.6. The van der Waals surface area contributed by atoms with Crippen LogP contribution >= 0.6 is 23.2 Å². The van der Waals surface area contributed by atoms with Gasteiger partial charge in [-0.2, -0.15) is 0 Å². The van der Waals surface area contributed by atoms with Gasteiger partial charge in [-0.15, -0.1) is 0 Å². The van der Waals surface area contributed by atoms with Gasteiger partial charge in [0, 0.05) is 81.5 Å². The van der Waals surface area contributed by atoms with Crippen LogP contribution in [0.25, 0.3) is 0 Å². The number of amides is 12. The van der Waals surface area contributed by atoms with Crippen LogP contribution in [0, 0.1) is 17.8 Å². The van der Waals surface area contributed by atoms with Crippen molar-refractivity contribution in [3.8, 4) is 5.75 Å². The standard InChI is InChI=1S/C69H106Cl2N12O13/c1-11-44(2)59-66(93)77(6)42-57(86)75(4)43-58(87)79(8)53(38-46-24-15-12-16-25-46)64(91)76(5)41-55(84)72-51(31-37-96-48-29-30-49(70)50(71)39-48)63(90)83-36-23-28-52(83)62(89)74-69(32-19-20-33-69)68(95)81(10)60(47-26-17-13-18-27-47)67(94)80(9)54(65(92)82-34-21-14-22-35-82)40-56(85)78(7)45(3)61(88)73-59/h29-30,39,44-47,51-54,59-60H,11-28,31-38,40-43H2,1-10H3,(H,72,84)(H,73,88)(H,74,89)/t44-,45-,51-,52-,53-,54-,59-,60?/m0/s1. The number of carbonyl (C=O) groups is 12. The Labute approximate surface area is 577 Å². The van der Waals surface area contributed by atoms with Gasteiger partial charge >= 0.3 is 0 Å². The minimum absolute atomic E-state index is 0.0700. The Morgan fingerprint density at radius 3 is 1.86 bits per heavy atom. The highest BCUT2D eigenvalue weighted by Gasteiger charge is 2.51. The molecule has 3 saturated heterocycles. The summed E-state index contributed by atoms with van der Waals surface area (Å²) < 4.78 is 6.04. The average Bonchev–Trinajstić information content (AvgIpc) is 1.46. The summed E-state index contributed by atoms with van der Waals surface area (Å²) in [5.74, 6) is -7.56. The average molecular weight is 1380 g/mol. The number of piperidine rings is 1. The summed E-state index contributed by atoms with van der Waals surface area (Å²) in [5, 5.41) is 9.32. The second-order valence-corrected chi connectivity index (χ2v) is 28.9. The molecule has 3 N–H and O–H groups in total. The summed E-state index contributed by atoms with van der Waals surface area (Å²) in [6, 6.07) is -3.65. The molecule has 25 nitrogen and oxygen atoms in total. The van der Waals surface area contributed by atoms with Crippen LogP contribution in [0.2, 0.25) is 10.0 Å². The third-order valence-electron chi connectivity index (χ3n) is 21.4. The molecule has 7 rings (SSSR count). The summed E-state index contributed by atoms with van der Waals surface area (Å²) in [4.78, 5) is 189. The first-order valence-electron chi connectivity index (χ1n) is 35.0. The van der Waals surface area contributed by atoms with Crippen molar-refractivity contribution < 1.29 is 62.3 Å². The first-order chi connectivity index (χ1) is 45.6. The summed E-state index contributed by atoms with van der Waals surface area (Å²) in [5.41, 5.74) is -1.50. The maximum Gasteiger partial charge on any atom is 0.248 e. The highest BCUT2D eigenvalue weighted by molar-refractivity contribution is 6.42. The van der Waals surface area contributed by atoms with E-state index in [0.717, 1.165) is 67.6 Å². The number of fused-ring (bicyclic) bond motifs is 1. The molecule has 3 saturated carbocycles. The summed E-state index contributed by atoms with van der Waals surface area (Å²) in [7, 11) is 10.2. The highest BCUT2D eigenvalue weighted by atomic mass is 35.5. The number of likely N-dealkylation sites (N-methyl/N-ethyl adjacent to an activating group) is 7. The molecule has 6 aliphatic rings. The molecular weight excluding hydrogens is 1280 g/mol. The van der Waals surface area contributed by atoms with Crippen LogP contribution in [-0.4, -0.2) is 258 Å². The van der Waals surface area contributed by atoms with E-state index in [1.165, 1.54) is 84.7 Å². The highest BCUT2D eigenvalue weighted by Crippen LogP contribution is 2.37. The summed E-state index contributed by atoms with van der Waals surface area (Å²) in [6.07, 6.45) is 12.8. The molecule has 1 spiro atoms. The molecule has 6 fully saturated rings. The molecule has 8 atom stereocenters. The van der Waals surface area contributed by atoms with Crippen LogP contribution < -0.4 is 20.7 Å². The van der Waals surface area contributed by atoms with Crippen LogP contribution in [0.3, 0.4) is 0 Å².